The highest BCUT2D eigenvalue weighted by Crippen LogP contribution is 2.46. The van der Waals surface area contributed by atoms with Crippen molar-refractivity contribution in [3.05, 3.63) is 0 Å². The molecule has 0 bridgehead atoms. The van der Waals surface area contributed by atoms with Crippen LogP contribution in [0.2, 0.25) is 0 Å². The molecule has 0 radical (unpaired) electrons. The predicted octanol–water partition coefficient (Wildman–Crippen LogP) is 4.71. The van der Waals surface area contributed by atoms with Gasteiger partial charge in [-0.1, -0.05) is 41.0 Å². The van der Waals surface area contributed by atoms with Crippen molar-refractivity contribution in [3.8, 4) is 0 Å². The van der Waals surface area contributed by atoms with Crippen LogP contribution in [0.4, 0.5) is 0 Å². The van der Waals surface area contributed by atoms with Crippen molar-refractivity contribution in [2.75, 3.05) is 13.1 Å². The fourth-order valence-electron chi connectivity index (χ4n) is 4.87. The summed E-state index contributed by atoms with van der Waals surface area (Å²) < 4.78 is 0. The highest BCUT2D eigenvalue weighted by molar-refractivity contribution is 4.95. The summed E-state index contributed by atoms with van der Waals surface area (Å²) >= 11 is 0. The molecule has 106 valence electrons. The normalized spacial score (nSPS) is 31.2. The summed E-state index contributed by atoms with van der Waals surface area (Å²) in [4.78, 5) is 2.81. The summed E-state index contributed by atoms with van der Waals surface area (Å²) in [6, 6.07) is 0.893. The van der Waals surface area contributed by atoms with E-state index in [4.69, 9.17) is 0 Å². The second-order valence-corrected chi connectivity index (χ2v) is 8.57. The highest BCUT2D eigenvalue weighted by Gasteiger charge is 2.42. The van der Waals surface area contributed by atoms with E-state index < -0.39 is 0 Å². The maximum absolute atomic E-state index is 2.81. The monoisotopic (exact) mass is 251 g/mol. The van der Waals surface area contributed by atoms with Crippen LogP contribution in [0.15, 0.2) is 0 Å². The van der Waals surface area contributed by atoms with Gasteiger partial charge in [-0.25, -0.2) is 0 Å². The Hall–Kier alpha value is -0.0400. The first kappa shape index (κ1) is 14.4. The van der Waals surface area contributed by atoms with Gasteiger partial charge in [0.1, 0.15) is 0 Å². The fourth-order valence-corrected chi connectivity index (χ4v) is 4.87. The number of nitrogens with zero attached hydrogens (tertiary/aromatic N) is 1. The van der Waals surface area contributed by atoms with Gasteiger partial charge in [0.2, 0.25) is 0 Å². The van der Waals surface area contributed by atoms with Gasteiger partial charge in [-0.2, -0.15) is 0 Å². The number of hydrogen-bond acceptors (Lipinski definition) is 1. The lowest BCUT2D eigenvalue weighted by molar-refractivity contribution is -0.0142. The van der Waals surface area contributed by atoms with Crippen LogP contribution < -0.4 is 0 Å². The maximum atomic E-state index is 2.81. The Labute approximate surface area is 114 Å². The van der Waals surface area contributed by atoms with Crippen molar-refractivity contribution in [1.82, 2.24) is 4.90 Å². The number of piperidine rings is 2. The minimum Gasteiger partial charge on any atom is -0.300 e. The van der Waals surface area contributed by atoms with Gasteiger partial charge in [-0.15, -0.1) is 0 Å². The average molecular weight is 251 g/mol. The molecular weight excluding hydrogens is 218 g/mol. The second kappa shape index (κ2) is 5.15. The minimum atomic E-state index is 0.459. The van der Waals surface area contributed by atoms with Gasteiger partial charge in [-0.05, 0) is 61.9 Å². The van der Waals surface area contributed by atoms with Gasteiger partial charge in [0.15, 0.2) is 0 Å². The molecule has 2 saturated heterocycles. The Morgan fingerprint density at radius 2 is 1.56 bits per heavy atom. The largest absolute Gasteiger partial charge is 0.300 e. The Morgan fingerprint density at radius 1 is 0.889 bits per heavy atom. The smallest absolute Gasteiger partial charge is 0.0129 e. The Morgan fingerprint density at radius 3 is 2.22 bits per heavy atom. The zero-order valence-corrected chi connectivity index (χ0v) is 13.3. The molecule has 1 nitrogen and oxygen atoms in total. The van der Waals surface area contributed by atoms with Gasteiger partial charge >= 0.3 is 0 Å². The van der Waals surface area contributed by atoms with Crippen molar-refractivity contribution < 1.29 is 0 Å². The third-order valence-electron chi connectivity index (χ3n) is 5.08. The lowest BCUT2D eigenvalue weighted by Crippen LogP contribution is -2.52. The molecule has 0 aromatic rings. The second-order valence-electron chi connectivity index (χ2n) is 8.57. The lowest BCUT2D eigenvalue weighted by atomic mass is 9.63. The van der Waals surface area contributed by atoms with E-state index in [0.29, 0.717) is 10.8 Å². The third kappa shape index (κ3) is 3.29. The summed E-state index contributed by atoms with van der Waals surface area (Å²) in [7, 11) is 0. The van der Waals surface area contributed by atoms with Crippen LogP contribution in [0.1, 0.15) is 73.1 Å². The Bertz CT molecular complexity index is 272. The molecule has 0 N–H and O–H groups in total. The van der Waals surface area contributed by atoms with E-state index in [1.54, 1.807) is 0 Å². The molecule has 2 fully saturated rings. The van der Waals surface area contributed by atoms with Crippen LogP contribution in [0.25, 0.3) is 0 Å². The van der Waals surface area contributed by atoms with Crippen molar-refractivity contribution in [2.45, 2.75) is 79.2 Å². The summed E-state index contributed by atoms with van der Waals surface area (Å²) in [6.45, 7) is 15.0. The molecule has 1 heteroatoms. The maximum Gasteiger partial charge on any atom is 0.0129 e. The minimum absolute atomic E-state index is 0.459. The van der Waals surface area contributed by atoms with E-state index in [0.717, 1.165) is 12.0 Å². The number of rotatable bonds is 2. The summed E-state index contributed by atoms with van der Waals surface area (Å²) in [5.74, 6) is 0.922. The average Bonchev–Trinajstić information content (AvgIpc) is 2.25. The van der Waals surface area contributed by atoms with E-state index >= 15 is 0 Å². The van der Waals surface area contributed by atoms with Crippen LogP contribution in [0, 0.1) is 16.7 Å². The Balaban J connectivity index is 2.09. The summed E-state index contributed by atoms with van der Waals surface area (Å²) in [5.41, 5.74) is 0.958. The molecule has 2 rings (SSSR count). The molecule has 0 saturated carbocycles. The zero-order chi connectivity index (χ0) is 13.4. The zero-order valence-electron chi connectivity index (χ0n) is 13.3. The lowest BCUT2D eigenvalue weighted by Gasteiger charge is -2.51. The van der Waals surface area contributed by atoms with Gasteiger partial charge in [0, 0.05) is 6.04 Å². The molecule has 18 heavy (non-hydrogen) atoms. The van der Waals surface area contributed by atoms with Crippen LogP contribution in [-0.4, -0.2) is 24.0 Å². The standard InChI is InChI=1S/C17H33N/c1-16(2,3)13-17(4,5)14-9-8-12-18-11-7-6-10-15(14)18/h14-15H,6-13H2,1-5H3. The van der Waals surface area contributed by atoms with E-state index in [9.17, 15) is 0 Å². The van der Waals surface area contributed by atoms with Gasteiger partial charge in [-0.3, -0.25) is 0 Å². The van der Waals surface area contributed by atoms with Crippen LogP contribution in [0.3, 0.4) is 0 Å². The van der Waals surface area contributed by atoms with E-state index in [2.05, 4.69) is 39.5 Å². The molecule has 0 aromatic heterocycles. The van der Waals surface area contributed by atoms with Gasteiger partial charge < -0.3 is 4.90 Å². The molecule has 0 aliphatic carbocycles. The van der Waals surface area contributed by atoms with Crippen molar-refractivity contribution in [2.24, 2.45) is 16.7 Å². The van der Waals surface area contributed by atoms with Crippen LogP contribution >= 0.6 is 0 Å². The van der Waals surface area contributed by atoms with Gasteiger partial charge in [0.05, 0.1) is 0 Å². The molecule has 0 spiro atoms. The van der Waals surface area contributed by atoms with Crippen LogP contribution in [0.5, 0.6) is 0 Å². The quantitative estimate of drug-likeness (QED) is 0.687. The van der Waals surface area contributed by atoms with E-state index in [-0.39, 0.29) is 0 Å². The molecule has 0 aromatic carbocycles. The molecule has 0 amide bonds. The fraction of sp³-hybridized carbons (Fsp3) is 1.00. The first-order chi connectivity index (χ1) is 8.30. The van der Waals surface area contributed by atoms with Crippen molar-refractivity contribution >= 4 is 0 Å². The molecule has 2 unspecified atom stereocenters. The predicted molar refractivity (Wildman–Crippen MR) is 79.8 cm³/mol. The molecule has 2 aliphatic rings. The van der Waals surface area contributed by atoms with Crippen molar-refractivity contribution in [3.63, 3.8) is 0 Å². The first-order valence-electron chi connectivity index (χ1n) is 8.04. The molecular formula is C17H33N. The SMILES string of the molecule is CC(C)(C)CC(C)(C)C1CCCN2CCCCC12. The van der Waals surface area contributed by atoms with E-state index in [1.807, 2.05) is 0 Å². The van der Waals surface area contributed by atoms with Gasteiger partial charge in [0.25, 0.3) is 0 Å². The summed E-state index contributed by atoms with van der Waals surface area (Å²) in [6.07, 6.45) is 8.60. The Kier molecular flexibility index (Phi) is 4.11. The van der Waals surface area contributed by atoms with Crippen LogP contribution in [-0.2, 0) is 0 Å². The van der Waals surface area contributed by atoms with Crippen molar-refractivity contribution in [1.29, 1.82) is 0 Å². The molecule has 2 aliphatic heterocycles. The number of hydrogen-bond donors (Lipinski definition) is 0. The third-order valence-corrected chi connectivity index (χ3v) is 5.08. The first-order valence-corrected chi connectivity index (χ1v) is 8.04. The van der Waals surface area contributed by atoms with E-state index in [1.165, 1.54) is 51.6 Å². The molecule has 2 heterocycles. The number of fused-ring (bicyclic) bond motifs is 1. The highest BCUT2D eigenvalue weighted by atomic mass is 15.2. The topological polar surface area (TPSA) is 3.24 Å². The summed E-state index contributed by atoms with van der Waals surface area (Å²) in [5, 5.41) is 0. The molecule has 2 atom stereocenters.